The Hall–Kier alpha value is -3.94. The molecule has 0 radical (unpaired) electrons. The molecule has 166 valence electrons. The first kappa shape index (κ1) is 21.3. The number of anilines is 1. The van der Waals surface area contributed by atoms with Gasteiger partial charge >= 0.3 is 5.97 Å². The van der Waals surface area contributed by atoms with Gasteiger partial charge in [-0.05, 0) is 30.7 Å². The molecule has 1 aromatic heterocycles. The van der Waals surface area contributed by atoms with E-state index in [9.17, 15) is 9.59 Å². The van der Waals surface area contributed by atoms with Crippen LogP contribution in [0.5, 0.6) is 17.2 Å². The summed E-state index contributed by atoms with van der Waals surface area (Å²) >= 11 is 0. The van der Waals surface area contributed by atoms with Crippen LogP contribution in [0.1, 0.15) is 33.1 Å². The van der Waals surface area contributed by atoms with Crippen molar-refractivity contribution in [3.05, 3.63) is 58.8 Å². The van der Waals surface area contributed by atoms with Crippen molar-refractivity contribution in [2.45, 2.75) is 12.8 Å². The first-order valence-electron chi connectivity index (χ1n) is 9.96. The molecule has 2 heterocycles. The normalized spacial score (nSPS) is 14.5. The van der Waals surface area contributed by atoms with Crippen molar-refractivity contribution in [3.63, 3.8) is 0 Å². The van der Waals surface area contributed by atoms with E-state index in [4.69, 9.17) is 18.9 Å². The van der Waals surface area contributed by atoms with Crippen molar-refractivity contribution in [1.29, 1.82) is 0 Å². The van der Waals surface area contributed by atoms with Crippen molar-refractivity contribution in [2.24, 2.45) is 0 Å². The fourth-order valence-electron chi connectivity index (χ4n) is 4.25. The summed E-state index contributed by atoms with van der Waals surface area (Å²) in [5.74, 6) is -0.0828. The Morgan fingerprint density at radius 2 is 1.62 bits per heavy atom. The Morgan fingerprint density at radius 3 is 2.22 bits per heavy atom. The Labute approximate surface area is 185 Å². The third kappa shape index (κ3) is 3.24. The summed E-state index contributed by atoms with van der Waals surface area (Å²) in [5.41, 5.74) is 4.22. The number of hydrogen-bond donors (Lipinski definition) is 2. The molecule has 4 rings (SSSR count). The number of aromatic nitrogens is 1. The number of ether oxygens (including phenoxy) is 4. The van der Waals surface area contributed by atoms with Gasteiger partial charge in [-0.1, -0.05) is 18.2 Å². The van der Waals surface area contributed by atoms with Crippen LogP contribution in [0.2, 0.25) is 0 Å². The summed E-state index contributed by atoms with van der Waals surface area (Å²) in [4.78, 5) is 29.1. The summed E-state index contributed by atoms with van der Waals surface area (Å²) in [6.45, 7) is 1.77. The number of carbonyl (C=O) groups excluding carboxylic acids is 2. The molecule has 1 amide bonds. The molecule has 1 aliphatic rings. The van der Waals surface area contributed by atoms with Gasteiger partial charge in [0.15, 0.2) is 11.5 Å². The quantitative estimate of drug-likeness (QED) is 0.569. The highest BCUT2D eigenvalue weighted by molar-refractivity contribution is 6.08. The third-order valence-electron chi connectivity index (χ3n) is 5.65. The molecule has 32 heavy (non-hydrogen) atoms. The molecular weight excluding hydrogens is 412 g/mol. The van der Waals surface area contributed by atoms with E-state index in [2.05, 4.69) is 10.3 Å². The molecule has 0 fully saturated rings. The van der Waals surface area contributed by atoms with Crippen LogP contribution in [0.4, 0.5) is 5.69 Å². The minimum atomic E-state index is -0.695. The van der Waals surface area contributed by atoms with Crippen LogP contribution in [-0.4, -0.2) is 45.3 Å². The number of H-pyrrole nitrogens is 1. The number of aromatic amines is 1. The van der Waals surface area contributed by atoms with Gasteiger partial charge in [0.1, 0.15) is 0 Å². The number of amides is 1. The first-order valence-corrected chi connectivity index (χ1v) is 9.96. The fraction of sp³-hybridized carbons (Fsp3) is 0.250. The summed E-state index contributed by atoms with van der Waals surface area (Å²) < 4.78 is 21.5. The standard InChI is InChI=1S/C24H24N2O6/c1-12-18(24(28)32-5)20(19-14-8-6-7-9-15(14)26-23(19)27)21(25-12)13-10-16(29-2)22(31-4)17(11-13)30-3/h6-11,19,25H,1-5H3,(H,26,27)/t19-/m0/s1. The van der Waals surface area contributed by atoms with Crippen molar-refractivity contribution in [1.82, 2.24) is 4.98 Å². The van der Waals surface area contributed by atoms with Gasteiger partial charge in [-0.2, -0.15) is 0 Å². The Kier molecular flexibility index (Phi) is 5.52. The lowest BCUT2D eigenvalue weighted by molar-refractivity contribution is -0.116. The average Bonchev–Trinajstić information content (AvgIpc) is 3.32. The second-order valence-electron chi connectivity index (χ2n) is 7.33. The smallest absolute Gasteiger partial charge is 0.340 e. The van der Waals surface area contributed by atoms with Crippen molar-refractivity contribution in [2.75, 3.05) is 33.8 Å². The van der Waals surface area contributed by atoms with Gasteiger partial charge in [0.2, 0.25) is 11.7 Å². The third-order valence-corrected chi connectivity index (χ3v) is 5.65. The molecular formula is C24H24N2O6. The van der Waals surface area contributed by atoms with Gasteiger partial charge in [0, 0.05) is 22.5 Å². The minimum Gasteiger partial charge on any atom is -0.493 e. The van der Waals surface area contributed by atoms with Crippen molar-refractivity contribution in [3.8, 4) is 28.5 Å². The van der Waals surface area contributed by atoms with Crippen molar-refractivity contribution >= 4 is 17.6 Å². The second-order valence-corrected chi connectivity index (χ2v) is 7.33. The van der Waals surface area contributed by atoms with Crippen LogP contribution >= 0.6 is 0 Å². The Bertz CT molecular complexity index is 1190. The Morgan fingerprint density at radius 1 is 0.969 bits per heavy atom. The molecule has 0 saturated carbocycles. The van der Waals surface area contributed by atoms with Gasteiger partial charge in [-0.3, -0.25) is 4.79 Å². The van der Waals surface area contributed by atoms with Crippen LogP contribution < -0.4 is 19.5 Å². The van der Waals surface area contributed by atoms with Crippen LogP contribution in [-0.2, 0) is 9.53 Å². The molecule has 8 nitrogen and oxygen atoms in total. The maximum absolute atomic E-state index is 13.1. The average molecular weight is 436 g/mol. The summed E-state index contributed by atoms with van der Waals surface area (Å²) in [6.07, 6.45) is 0. The van der Waals surface area contributed by atoms with Crippen LogP contribution in [0.25, 0.3) is 11.3 Å². The lowest BCUT2D eigenvalue weighted by Gasteiger charge is -2.16. The number of fused-ring (bicyclic) bond motifs is 1. The fourth-order valence-corrected chi connectivity index (χ4v) is 4.25. The molecule has 0 aliphatic carbocycles. The predicted octanol–water partition coefficient (Wildman–Crippen LogP) is 3.89. The molecule has 0 bridgehead atoms. The molecule has 2 N–H and O–H groups in total. The number of nitrogens with one attached hydrogen (secondary N) is 2. The van der Waals surface area contributed by atoms with Crippen LogP contribution in [0.3, 0.4) is 0 Å². The Balaban J connectivity index is 2.02. The largest absolute Gasteiger partial charge is 0.493 e. The van der Waals surface area contributed by atoms with Crippen molar-refractivity contribution < 1.29 is 28.5 Å². The van der Waals surface area contributed by atoms with Crippen LogP contribution in [0.15, 0.2) is 36.4 Å². The highest BCUT2D eigenvalue weighted by Gasteiger charge is 2.38. The second kappa shape index (κ2) is 8.30. The topological polar surface area (TPSA) is 98.9 Å². The summed E-state index contributed by atoms with van der Waals surface area (Å²) in [6, 6.07) is 11.0. The van der Waals surface area contributed by atoms with E-state index in [1.165, 1.54) is 28.4 Å². The van der Waals surface area contributed by atoms with E-state index in [0.717, 1.165) is 5.56 Å². The SMILES string of the molecule is COC(=O)c1c(C)[nH]c(-c2cc(OC)c(OC)c(OC)c2)c1[C@H]1C(=O)Nc2ccccc21. The first-order chi connectivity index (χ1) is 15.4. The highest BCUT2D eigenvalue weighted by Crippen LogP contribution is 2.47. The maximum Gasteiger partial charge on any atom is 0.340 e. The van der Waals surface area contributed by atoms with E-state index in [-0.39, 0.29) is 5.91 Å². The van der Waals surface area contributed by atoms with E-state index < -0.39 is 11.9 Å². The number of para-hydroxylation sites is 1. The number of methoxy groups -OCH3 is 4. The van der Waals surface area contributed by atoms with E-state index in [1.54, 1.807) is 19.1 Å². The van der Waals surface area contributed by atoms with Crippen LogP contribution in [0, 0.1) is 6.92 Å². The number of esters is 1. The summed E-state index contributed by atoms with van der Waals surface area (Å²) in [5, 5.41) is 2.91. The number of benzene rings is 2. The molecule has 2 aromatic carbocycles. The minimum absolute atomic E-state index is 0.218. The van der Waals surface area contributed by atoms with Gasteiger partial charge in [0.05, 0.1) is 45.6 Å². The predicted molar refractivity (Wildman–Crippen MR) is 119 cm³/mol. The number of hydrogen-bond acceptors (Lipinski definition) is 6. The molecule has 1 aliphatic heterocycles. The number of carbonyl (C=O) groups is 2. The highest BCUT2D eigenvalue weighted by atomic mass is 16.5. The zero-order valence-corrected chi connectivity index (χ0v) is 18.5. The molecule has 8 heteroatoms. The van der Waals surface area contributed by atoms with Gasteiger partial charge in [-0.25, -0.2) is 4.79 Å². The molecule has 3 aromatic rings. The lowest BCUT2D eigenvalue weighted by atomic mass is 9.87. The number of rotatable bonds is 6. The monoisotopic (exact) mass is 436 g/mol. The zero-order valence-electron chi connectivity index (χ0n) is 18.5. The molecule has 1 atom stereocenters. The van der Waals surface area contributed by atoms with E-state index >= 15 is 0 Å². The van der Waals surface area contributed by atoms with E-state index in [1.807, 2.05) is 24.3 Å². The number of aryl methyl sites for hydroxylation is 1. The van der Waals surface area contributed by atoms with Gasteiger partial charge < -0.3 is 29.2 Å². The van der Waals surface area contributed by atoms with E-state index in [0.29, 0.717) is 51.0 Å². The lowest BCUT2D eigenvalue weighted by Crippen LogP contribution is -2.17. The maximum atomic E-state index is 13.1. The molecule has 0 unspecified atom stereocenters. The zero-order chi connectivity index (χ0) is 23.0. The van der Waals surface area contributed by atoms with Gasteiger partial charge in [-0.15, -0.1) is 0 Å². The molecule has 0 spiro atoms. The summed E-state index contributed by atoms with van der Waals surface area (Å²) in [7, 11) is 5.91. The van der Waals surface area contributed by atoms with Gasteiger partial charge in [0.25, 0.3) is 0 Å². The molecule has 0 saturated heterocycles.